The quantitative estimate of drug-likeness (QED) is 0.844. The second-order valence-electron chi connectivity index (χ2n) is 4.72. The van der Waals surface area contributed by atoms with Crippen LogP contribution in [0.1, 0.15) is 34.9 Å². The second kappa shape index (κ2) is 6.90. The number of nitrogens with two attached hydrogens (primary N) is 1. The van der Waals surface area contributed by atoms with Crippen LogP contribution in [0.25, 0.3) is 0 Å². The number of nitrogens with zero attached hydrogens (tertiary/aromatic N) is 1. The average molecular weight is 289 g/mol. The van der Waals surface area contributed by atoms with Crippen LogP contribution < -0.4 is 15.8 Å². The molecule has 0 aliphatic heterocycles. The van der Waals surface area contributed by atoms with E-state index in [2.05, 4.69) is 10.3 Å². The van der Waals surface area contributed by atoms with Gasteiger partial charge in [0.1, 0.15) is 12.0 Å². The number of amides is 1. The van der Waals surface area contributed by atoms with Crippen LogP contribution >= 0.6 is 0 Å². The first-order chi connectivity index (χ1) is 10.1. The first-order valence-corrected chi connectivity index (χ1v) is 6.72. The number of rotatable bonds is 6. The zero-order valence-electron chi connectivity index (χ0n) is 12.1. The number of benzene rings is 1. The van der Waals surface area contributed by atoms with Crippen LogP contribution in [-0.4, -0.2) is 24.5 Å². The highest BCUT2D eigenvalue weighted by Gasteiger charge is 2.13. The van der Waals surface area contributed by atoms with Gasteiger partial charge in [0.25, 0.3) is 5.91 Å². The summed E-state index contributed by atoms with van der Waals surface area (Å²) in [7, 11) is 1.63. The molecule has 0 bridgehead atoms. The van der Waals surface area contributed by atoms with E-state index in [-0.39, 0.29) is 17.6 Å². The molecular weight excluding hydrogens is 270 g/mol. The van der Waals surface area contributed by atoms with Gasteiger partial charge in [0.2, 0.25) is 5.89 Å². The maximum Gasteiger partial charge on any atom is 0.273 e. The third-order valence-corrected chi connectivity index (χ3v) is 2.98. The molecule has 21 heavy (non-hydrogen) atoms. The van der Waals surface area contributed by atoms with E-state index in [1.54, 1.807) is 14.0 Å². The van der Waals surface area contributed by atoms with E-state index in [1.807, 2.05) is 24.3 Å². The van der Waals surface area contributed by atoms with Gasteiger partial charge in [-0.15, -0.1) is 0 Å². The lowest BCUT2D eigenvalue weighted by Crippen LogP contribution is -2.26. The van der Waals surface area contributed by atoms with Gasteiger partial charge in [-0.3, -0.25) is 4.79 Å². The number of hydrogen-bond donors (Lipinski definition) is 2. The maximum atomic E-state index is 11.9. The van der Waals surface area contributed by atoms with Gasteiger partial charge in [-0.2, -0.15) is 0 Å². The molecule has 3 N–H and O–H groups in total. The summed E-state index contributed by atoms with van der Waals surface area (Å²) >= 11 is 0. The van der Waals surface area contributed by atoms with E-state index in [0.29, 0.717) is 18.9 Å². The standard InChI is InChI=1S/C15H19N3O3/c1-10(16)15-18-13(9-21-15)14(19)17-7-6-11-4-3-5-12(8-11)20-2/h3-5,8-10H,6-7,16H2,1-2H3,(H,17,19). The lowest BCUT2D eigenvalue weighted by atomic mass is 10.1. The molecule has 1 atom stereocenters. The molecule has 112 valence electrons. The highest BCUT2D eigenvalue weighted by Crippen LogP contribution is 2.13. The normalized spacial score (nSPS) is 12.0. The minimum absolute atomic E-state index is 0.243. The number of hydrogen-bond acceptors (Lipinski definition) is 5. The van der Waals surface area contributed by atoms with Gasteiger partial charge in [0, 0.05) is 6.54 Å². The lowest BCUT2D eigenvalue weighted by molar-refractivity contribution is 0.0949. The number of carbonyl (C=O) groups is 1. The van der Waals surface area contributed by atoms with Crippen LogP contribution in [0.4, 0.5) is 0 Å². The van der Waals surface area contributed by atoms with Gasteiger partial charge >= 0.3 is 0 Å². The van der Waals surface area contributed by atoms with Crippen molar-refractivity contribution in [2.24, 2.45) is 5.73 Å². The largest absolute Gasteiger partial charge is 0.497 e. The molecule has 6 nitrogen and oxygen atoms in total. The molecule has 1 heterocycles. The average Bonchev–Trinajstić information content (AvgIpc) is 2.97. The summed E-state index contributed by atoms with van der Waals surface area (Å²) in [5.74, 6) is 0.887. The van der Waals surface area contributed by atoms with Crippen LogP contribution in [0.2, 0.25) is 0 Å². The van der Waals surface area contributed by atoms with Crippen LogP contribution in [-0.2, 0) is 6.42 Å². The second-order valence-corrected chi connectivity index (χ2v) is 4.72. The monoisotopic (exact) mass is 289 g/mol. The molecule has 0 aliphatic rings. The zero-order valence-corrected chi connectivity index (χ0v) is 12.1. The fraction of sp³-hybridized carbons (Fsp3) is 0.333. The zero-order chi connectivity index (χ0) is 15.2. The molecule has 0 spiro atoms. The van der Waals surface area contributed by atoms with Gasteiger partial charge in [-0.05, 0) is 31.0 Å². The van der Waals surface area contributed by atoms with Gasteiger partial charge in [0.05, 0.1) is 13.2 Å². The minimum atomic E-state index is -0.330. The minimum Gasteiger partial charge on any atom is -0.497 e. The summed E-state index contributed by atoms with van der Waals surface area (Å²) in [4.78, 5) is 15.9. The van der Waals surface area contributed by atoms with Gasteiger partial charge in [-0.1, -0.05) is 12.1 Å². The van der Waals surface area contributed by atoms with Gasteiger partial charge in [0.15, 0.2) is 5.69 Å². The van der Waals surface area contributed by atoms with Crippen LogP contribution in [0.15, 0.2) is 34.9 Å². The van der Waals surface area contributed by atoms with Crippen molar-refractivity contribution in [1.29, 1.82) is 0 Å². The molecule has 1 aromatic heterocycles. The molecule has 0 saturated heterocycles. The molecule has 1 aromatic carbocycles. The molecule has 2 aromatic rings. The van der Waals surface area contributed by atoms with Crippen LogP contribution in [0.3, 0.4) is 0 Å². The van der Waals surface area contributed by atoms with Crippen LogP contribution in [0, 0.1) is 0 Å². The number of ether oxygens (including phenoxy) is 1. The number of aromatic nitrogens is 1. The number of nitrogens with one attached hydrogen (secondary N) is 1. The lowest BCUT2D eigenvalue weighted by Gasteiger charge is -2.05. The summed E-state index contributed by atoms with van der Waals surface area (Å²) in [6.07, 6.45) is 2.03. The Bertz CT molecular complexity index is 608. The highest BCUT2D eigenvalue weighted by molar-refractivity contribution is 5.91. The fourth-order valence-corrected chi connectivity index (χ4v) is 1.84. The fourth-order valence-electron chi connectivity index (χ4n) is 1.84. The predicted molar refractivity (Wildman–Crippen MR) is 78.1 cm³/mol. The molecule has 0 radical (unpaired) electrons. The Labute approximate surface area is 123 Å². The van der Waals surface area contributed by atoms with Crippen molar-refractivity contribution in [2.45, 2.75) is 19.4 Å². The summed E-state index contributed by atoms with van der Waals surface area (Å²) in [5, 5.41) is 2.79. The van der Waals surface area contributed by atoms with E-state index in [4.69, 9.17) is 14.9 Å². The third kappa shape index (κ3) is 4.06. The number of oxazole rings is 1. The first-order valence-electron chi connectivity index (χ1n) is 6.72. The molecule has 1 unspecified atom stereocenters. The molecule has 0 saturated carbocycles. The molecular formula is C15H19N3O3. The Balaban J connectivity index is 1.86. The van der Waals surface area contributed by atoms with E-state index < -0.39 is 0 Å². The third-order valence-electron chi connectivity index (χ3n) is 2.98. The molecule has 6 heteroatoms. The van der Waals surface area contributed by atoms with Crippen molar-refractivity contribution in [3.05, 3.63) is 47.7 Å². The van der Waals surface area contributed by atoms with Crippen LogP contribution in [0.5, 0.6) is 5.75 Å². The van der Waals surface area contributed by atoms with Crippen molar-refractivity contribution in [1.82, 2.24) is 10.3 Å². The summed E-state index contributed by atoms with van der Waals surface area (Å²) in [6.45, 7) is 2.25. The van der Waals surface area contributed by atoms with E-state index in [9.17, 15) is 4.79 Å². The molecule has 0 aliphatic carbocycles. The summed E-state index contributed by atoms with van der Waals surface area (Å²) in [5.41, 5.74) is 6.96. The van der Waals surface area contributed by atoms with Crippen molar-refractivity contribution in [2.75, 3.05) is 13.7 Å². The van der Waals surface area contributed by atoms with Crippen molar-refractivity contribution < 1.29 is 13.9 Å². The van der Waals surface area contributed by atoms with Crippen molar-refractivity contribution >= 4 is 5.91 Å². The first kappa shape index (κ1) is 15.1. The SMILES string of the molecule is COc1cccc(CCNC(=O)c2coc(C(C)N)n2)c1. The number of carbonyl (C=O) groups excluding carboxylic acids is 1. The molecule has 0 fully saturated rings. The molecule has 1 amide bonds. The van der Waals surface area contributed by atoms with E-state index in [1.165, 1.54) is 6.26 Å². The Morgan fingerprint density at radius 3 is 3.00 bits per heavy atom. The van der Waals surface area contributed by atoms with Crippen molar-refractivity contribution in [3.8, 4) is 5.75 Å². The Kier molecular flexibility index (Phi) is 4.94. The topological polar surface area (TPSA) is 90.4 Å². The van der Waals surface area contributed by atoms with Gasteiger partial charge < -0.3 is 20.2 Å². The Morgan fingerprint density at radius 1 is 1.52 bits per heavy atom. The highest BCUT2D eigenvalue weighted by atomic mass is 16.5. The van der Waals surface area contributed by atoms with E-state index >= 15 is 0 Å². The smallest absolute Gasteiger partial charge is 0.273 e. The summed E-state index contributed by atoms with van der Waals surface area (Å²) < 4.78 is 10.3. The Hall–Kier alpha value is -2.34. The molecule has 2 rings (SSSR count). The number of methoxy groups -OCH3 is 1. The predicted octanol–water partition coefficient (Wildman–Crippen LogP) is 1.68. The van der Waals surface area contributed by atoms with E-state index in [0.717, 1.165) is 11.3 Å². The Morgan fingerprint density at radius 2 is 2.33 bits per heavy atom. The van der Waals surface area contributed by atoms with Gasteiger partial charge in [-0.25, -0.2) is 4.98 Å². The summed E-state index contributed by atoms with van der Waals surface area (Å²) in [6, 6.07) is 7.40. The maximum absolute atomic E-state index is 11.9. The van der Waals surface area contributed by atoms with Crippen molar-refractivity contribution in [3.63, 3.8) is 0 Å².